The van der Waals surface area contributed by atoms with E-state index in [1.807, 2.05) is 30.3 Å². The molecule has 0 atom stereocenters. The zero-order valence-corrected chi connectivity index (χ0v) is 18.2. The Balaban J connectivity index is 1.64. The van der Waals surface area contributed by atoms with Gasteiger partial charge in [0, 0.05) is 29.8 Å². The van der Waals surface area contributed by atoms with Crippen molar-refractivity contribution >= 4 is 22.6 Å². The summed E-state index contributed by atoms with van der Waals surface area (Å²) in [6.07, 6.45) is 0.332. The first kappa shape index (κ1) is 22.9. The van der Waals surface area contributed by atoms with Crippen LogP contribution in [0.5, 0.6) is 5.75 Å². The van der Waals surface area contributed by atoms with Gasteiger partial charge in [-0.2, -0.15) is 8.78 Å². The van der Waals surface area contributed by atoms with Gasteiger partial charge in [-0.05, 0) is 48.9 Å². The van der Waals surface area contributed by atoms with Crippen LogP contribution in [0.15, 0.2) is 76.3 Å². The summed E-state index contributed by atoms with van der Waals surface area (Å²) in [5.41, 5.74) is 1.44. The summed E-state index contributed by atoms with van der Waals surface area (Å²) in [5, 5.41) is 2.74. The van der Waals surface area contributed by atoms with Crippen molar-refractivity contribution in [2.45, 2.75) is 26.5 Å². The molecule has 1 heterocycles. The number of anilines is 1. The monoisotopic (exact) mass is 465 g/mol. The number of H-pyrrole nitrogens is 1. The zero-order chi connectivity index (χ0) is 24.2. The molecule has 0 saturated carbocycles. The van der Waals surface area contributed by atoms with Crippen molar-refractivity contribution in [2.24, 2.45) is 0 Å². The first-order valence-electron chi connectivity index (χ1n) is 10.6. The molecule has 0 saturated heterocycles. The summed E-state index contributed by atoms with van der Waals surface area (Å²) in [6.45, 7) is -0.924. The van der Waals surface area contributed by atoms with Crippen LogP contribution < -0.4 is 21.2 Å². The van der Waals surface area contributed by atoms with Gasteiger partial charge in [0.2, 0.25) is 0 Å². The SMILES string of the molecule is CCn1c(=O)c(=O)[nH]c2cc(C(=O)Nc3ccc(OC(F)F)c(Cc4ccccc4)c3)ccc21. The number of nitrogens with zero attached hydrogens (tertiary/aromatic N) is 1. The second kappa shape index (κ2) is 9.70. The molecule has 9 heteroatoms. The Morgan fingerprint density at radius 2 is 1.82 bits per heavy atom. The van der Waals surface area contributed by atoms with Crippen molar-refractivity contribution in [2.75, 3.05) is 5.32 Å². The summed E-state index contributed by atoms with van der Waals surface area (Å²) in [5.74, 6) is -0.442. The molecule has 0 unspecified atom stereocenters. The molecule has 7 nitrogen and oxygen atoms in total. The van der Waals surface area contributed by atoms with Crippen LogP contribution in [0.1, 0.15) is 28.4 Å². The molecule has 1 aromatic heterocycles. The minimum atomic E-state index is -2.98. The standard InChI is InChI=1S/C25H21F2N3O4/c1-2-30-20-10-8-16(14-19(20)29-23(32)24(30)33)22(31)28-18-9-11-21(34-25(26)27)17(13-18)12-15-6-4-3-5-7-15/h3-11,13-14,25H,2,12H2,1H3,(H,28,31)(H,29,32). The highest BCUT2D eigenvalue weighted by atomic mass is 19.3. The fraction of sp³-hybridized carbons (Fsp3) is 0.160. The molecule has 0 aliphatic heterocycles. The molecule has 2 N–H and O–H groups in total. The molecule has 3 aromatic carbocycles. The molecule has 34 heavy (non-hydrogen) atoms. The Labute approximate surface area is 192 Å². The second-order valence-electron chi connectivity index (χ2n) is 7.55. The number of halogens is 2. The van der Waals surface area contributed by atoms with Gasteiger partial charge in [0.1, 0.15) is 5.75 Å². The molecule has 0 aliphatic rings. The third kappa shape index (κ3) is 4.88. The van der Waals surface area contributed by atoms with Gasteiger partial charge in [0.05, 0.1) is 11.0 Å². The van der Waals surface area contributed by atoms with Gasteiger partial charge in [0.15, 0.2) is 0 Å². The van der Waals surface area contributed by atoms with Crippen LogP contribution in [0.25, 0.3) is 11.0 Å². The Morgan fingerprint density at radius 1 is 1.06 bits per heavy atom. The van der Waals surface area contributed by atoms with E-state index in [2.05, 4.69) is 15.0 Å². The van der Waals surface area contributed by atoms with Gasteiger partial charge in [-0.1, -0.05) is 30.3 Å². The molecule has 0 aliphatic carbocycles. The van der Waals surface area contributed by atoms with Crippen molar-refractivity contribution in [3.05, 3.63) is 104 Å². The van der Waals surface area contributed by atoms with Gasteiger partial charge < -0.3 is 19.6 Å². The molecule has 0 fully saturated rings. The Bertz CT molecular complexity index is 1460. The van der Waals surface area contributed by atoms with Crippen LogP contribution in [0.4, 0.5) is 14.5 Å². The summed E-state index contributed by atoms with van der Waals surface area (Å²) < 4.78 is 31.7. The predicted molar refractivity (Wildman–Crippen MR) is 125 cm³/mol. The van der Waals surface area contributed by atoms with Crippen molar-refractivity contribution in [1.29, 1.82) is 0 Å². The number of carbonyl (C=O) groups excluding carboxylic acids is 1. The van der Waals surface area contributed by atoms with E-state index in [1.165, 1.54) is 22.8 Å². The molecule has 4 rings (SSSR count). The maximum Gasteiger partial charge on any atom is 0.387 e. The lowest BCUT2D eigenvalue weighted by molar-refractivity contribution is -0.0503. The van der Waals surface area contributed by atoms with Crippen molar-refractivity contribution in [3.63, 3.8) is 0 Å². The lowest BCUT2D eigenvalue weighted by Gasteiger charge is -2.14. The first-order valence-corrected chi connectivity index (χ1v) is 10.6. The largest absolute Gasteiger partial charge is 0.435 e. The number of carbonyl (C=O) groups is 1. The minimum absolute atomic E-state index is 0.0256. The number of aromatic amines is 1. The first-order chi connectivity index (χ1) is 16.4. The second-order valence-corrected chi connectivity index (χ2v) is 7.55. The Hall–Kier alpha value is -4.27. The van der Waals surface area contributed by atoms with Crippen molar-refractivity contribution < 1.29 is 18.3 Å². The highest BCUT2D eigenvalue weighted by Crippen LogP contribution is 2.27. The van der Waals surface area contributed by atoms with Crippen LogP contribution in [0.3, 0.4) is 0 Å². The number of ether oxygens (including phenoxy) is 1. The van der Waals surface area contributed by atoms with Crippen LogP contribution in [0.2, 0.25) is 0 Å². The van der Waals surface area contributed by atoms with E-state index in [-0.39, 0.29) is 11.3 Å². The molecule has 1 amide bonds. The number of alkyl halides is 2. The number of fused-ring (bicyclic) bond motifs is 1. The molecule has 0 radical (unpaired) electrons. The fourth-order valence-electron chi connectivity index (χ4n) is 3.76. The Kier molecular flexibility index (Phi) is 6.53. The highest BCUT2D eigenvalue weighted by Gasteiger charge is 2.14. The normalized spacial score (nSPS) is 11.1. The lowest BCUT2D eigenvalue weighted by atomic mass is 10.0. The summed E-state index contributed by atoms with van der Waals surface area (Å²) in [4.78, 5) is 39.3. The number of rotatable bonds is 7. The fourth-order valence-corrected chi connectivity index (χ4v) is 3.76. The topological polar surface area (TPSA) is 93.2 Å². The van der Waals surface area contributed by atoms with Crippen molar-refractivity contribution in [1.82, 2.24) is 9.55 Å². The maximum absolute atomic E-state index is 12.9. The quantitative estimate of drug-likeness (QED) is 0.401. The van der Waals surface area contributed by atoms with Crippen molar-refractivity contribution in [3.8, 4) is 5.75 Å². The van der Waals surface area contributed by atoms with Crippen LogP contribution in [0, 0.1) is 0 Å². The number of hydrogen-bond acceptors (Lipinski definition) is 4. The van der Waals surface area contributed by atoms with E-state index >= 15 is 0 Å². The summed E-state index contributed by atoms with van der Waals surface area (Å²) in [6, 6.07) is 18.3. The van der Waals surface area contributed by atoms with Gasteiger partial charge in [-0.15, -0.1) is 0 Å². The van der Waals surface area contributed by atoms with Gasteiger partial charge in [-0.3, -0.25) is 14.4 Å². The minimum Gasteiger partial charge on any atom is -0.435 e. The molecule has 0 bridgehead atoms. The number of hydrogen-bond donors (Lipinski definition) is 2. The summed E-state index contributed by atoms with van der Waals surface area (Å²) in [7, 11) is 0. The smallest absolute Gasteiger partial charge is 0.387 e. The van der Waals surface area contributed by atoms with Gasteiger partial charge >= 0.3 is 17.7 Å². The molecule has 4 aromatic rings. The van der Waals surface area contributed by atoms with E-state index in [0.29, 0.717) is 35.2 Å². The molecule has 0 spiro atoms. The molecule has 174 valence electrons. The van der Waals surface area contributed by atoms with Crippen LogP contribution >= 0.6 is 0 Å². The number of aromatic nitrogens is 2. The molecular weight excluding hydrogens is 444 g/mol. The third-order valence-corrected chi connectivity index (χ3v) is 5.33. The average molecular weight is 465 g/mol. The van der Waals surface area contributed by atoms with E-state index in [9.17, 15) is 23.2 Å². The highest BCUT2D eigenvalue weighted by molar-refractivity contribution is 6.06. The zero-order valence-electron chi connectivity index (χ0n) is 18.2. The lowest BCUT2D eigenvalue weighted by Crippen LogP contribution is -2.36. The van der Waals surface area contributed by atoms with E-state index in [4.69, 9.17) is 0 Å². The number of aryl methyl sites for hydroxylation is 1. The van der Waals surface area contributed by atoms with E-state index < -0.39 is 23.6 Å². The average Bonchev–Trinajstić information content (AvgIpc) is 2.81. The number of amides is 1. The van der Waals surface area contributed by atoms with Crippen LogP contribution in [-0.2, 0) is 13.0 Å². The van der Waals surface area contributed by atoms with Gasteiger partial charge in [0.25, 0.3) is 5.91 Å². The summed E-state index contributed by atoms with van der Waals surface area (Å²) >= 11 is 0. The number of benzene rings is 3. The third-order valence-electron chi connectivity index (χ3n) is 5.33. The van der Waals surface area contributed by atoms with E-state index in [0.717, 1.165) is 5.56 Å². The number of nitrogens with one attached hydrogen (secondary N) is 2. The van der Waals surface area contributed by atoms with E-state index in [1.54, 1.807) is 25.1 Å². The van der Waals surface area contributed by atoms with Gasteiger partial charge in [-0.25, -0.2) is 0 Å². The Morgan fingerprint density at radius 3 is 2.53 bits per heavy atom. The maximum atomic E-state index is 12.9. The predicted octanol–water partition coefficient (Wildman–Crippen LogP) is 4.15. The van der Waals surface area contributed by atoms with Crippen LogP contribution in [-0.4, -0.2) is 22.1 Å². The molecular formula is C25H21F2N3O4.